The molecule has 9 atom stereocenters. The summed E-state index contributed by atoms with van der Waals surface area (Å²) >= 11 is 0. The Kier molecular flexibility index (Phi) is 19.1. The van der Waals surface area contributed by atoms with Gasteiger partial charge in [-0.15, -0.1) is 0 Å². The third-order valence-electron chi connectivity index (χ3n) is 7.00. The molecule has 16 N–H and O–H groups in total. The van der Waals surface area contributed by atoms with E-state index in [1.807, 2.05) is 5.32 Å². The van der Waals surface area contributed by atoms with Gasteiger partial charge in [0, 0.05) is 6.42 Å². The molecule has 0 bridgehead atoms. The smallest absolute Gasteiger partial charge is 0.326 e. The molecule has 0 saturated heterocycles. The number of hydrogen-bond donors (Lipinski definition) is 13. The Morgan fingerprint density at radius 1 is 0.580 bits per heavy atom. The van der Waals surface area contributed by atoms with E-state index in [2.05, 4.69) is 26.6 Å². The molecule has 22 nitrogen and oxygen atoms in total. The zero-order chi connectivity index (χ0) is 39.0. The number of nitrogens with one attached hydrogen (secondary N) is 6. The molecule has 0 saturated carbocycles. The molecule has 0 aliphatic heterocycles. The first kappa shape index (κ1) is 45.1. The van der Waals surface area contributed by atoms with E-state index < -0.39 is 127 Å². The van der Waals surface area contributed by atoms with Crippen molar-refractivity contribution in [3.8, 4) is 0 Å². The fourth-order valence-corrected chi connectivity index (χ4v) is 4.05. The van der Waals surface area contributed by atoms with Crippen LogP contribution in [0.15, 0.2) is 0 Å². The van der Waals surface area contributed by atoms with Gasteiger partial charge in [0.05, 0.1) is 31.3 Å². The Balaban J connectivity index is 5.64. The van der Waals surface area contributed by atoms with Crippen molar-refractivity contribution >= 4 is 53.2 Å². The number of rotatable bonds is 22. The average molecular weight is 720 g/mol. The lowest BCUT2D eigenvalue weighted by Gasteiger charge is -2.29. The van der Waals surface area contributed by atoms with Gasteiger partial charge in [-0.05, 0) is 33.1 Å². The van der Waals surface area contributed by atoms with Gasteiger partial charge in [0.25, 0.3) is 0 Å². The molecule has 0 aliphatic rings. The lowest BCUT2D eigenvalue weighted by Crippen LogP contribution is -2.63. The van der Waals surface area contributed by atoms with Crippen LogP contribution in [0.4, 0.5) is 0 Å². The number of aliphatic hydroxyl groups is 3. The van der Waals surface area contributed by atoms with Crippen LogP contribution in [-0.2, 0) is 43.2 Å². The second-order valence-electron chi connectivity index (χ2n) is 11.8. The fraction of sp³-hybridized carbons (Fsp3) is 0.679. The van der Waals surface area contributed by atoms with Crippen LogP contribution in [0.25, 0.3) is 0 Å². The van der Waals surface area contributed by atoms with Gasteiger partial charge in [-0.2, -0.15) is 0 Å². The standard InChI is InChI=1S/C28H49N9O13/c1-10(2)19(35-23(44)14(29)6-7-17(30)41)25(46)36-21(13(5)40)27(48)37-20(12(4)39)26(47)32-11(3)22(43)34-16(9-38)24(45)33-15(28(49)50)8-18(31)42/h10-16,19-21,38-40H,6-9,29H2,1-5H3,(H2,30,41)(H2,31,42)(H,32,47)(H,33,45)(H,34,43)(H,35,44)(H,36,46)(H,37,48)(H,49,50)/t11-,12+,13+,14-,15-,16-,19-,20-,21-/m0/s1. The van der Waals surface area contributed by atoms with Gasteiger partial charge in [0.15, 0.2) is 0 Å². The van der Waals surface area contributed by atoms with E-state index in [1.54, 1.807) is 13.8 Å². The summed E-state index contributed by atoms with van der Waals surface area (Å²) in [6.07, 6.45) is -4.26. The van der Waals surface area contributed by atoms with Gasteiger partial charge >= 0.3 is 5.97 Å². The predicted octanol–water partition coefficient (Wildman–Crippen LogP) is -7.12. The summed E-state index contributed by atoms with van der Waals surface area (Å²) in [7, 11) is 0. The second kappa shape index (κ2) is 21.2. The Labute approximate surface area is 287 Å². The van der Waals surface area contributed by atoms with Crippen LogP contribution in [-0.4, -0.2) is 135 Å². The molecular formula is C28H49N9O13. The second-order valence-corrected chi connectivity index (χ2v) is 11.8. The summed E-state index contributed by atoms with van der Waals surface area (Å²) in [5.41, 5.74) is 15.8. The molecule has 284 valence electrons. The highest BCUT2D eigenvalue weighted by Crippen LogP contribution is 2.07. The highest BCUT2D eigenvalue weighted by Gasteiger charge is 2.36. The van der Waals surface area contributed by atoms with Crippen molar-refractivity contribution in [2.45, 2.75) is 108 Å². The summed E-state index contributed by atoms with van der Waals surface area (Å²) < 4.78 is 0. The zero-order valence-electron chi connectivity index (χ0n) is 28.3. The number of aliphatic hydroxyl groups excluding tert-OH is 3. The first-order chi connectivity index (χ1) is 23.0. The van der Waals surface area contributed by atoms with Crippen LogP contribution in [0.5, 0.6) is 0 Å². The van der Waals surface area contributed by atoms with Gasteiger partial charge in [0.2, 0.25) is 47.3 Å². The Hall–Kier alpha value is -4.93. The number of carboxylic acid groups (broad SMARTS) is 1. The number of amides is 8. The van der Waals surface area contributed by atoms with Crippen molar-refractivity contribution < 1.29 is 63.6 Å². The van der Waals surface area contributed by atoms with Crippen molar-refractivity contribution in [2.75, 3.05) is 6.61 Å². The molecule has 0 aliphatic carbocycles. The first-order valence-corrected chi connectivity index (χ1v) is 15.4. The summed E-state index contributed by atoms with van der Waals surface area (Å²) in [5, 5.41) is 52.3. The molecular weight excluding hydrogens is 670 g/mol. The van der Waals surface area contributed by atoms with E-state index in [1.165, 1.54) is 0 Å². The monoisotopic (exact) mass is 719 g/mol. The molecule has 0 aromatic heterocycles. The number of carbonyl (C=O) groups is 9. The minimum atomic E-state index is -1.78. The first-order valence-electron chi connectivity index (χ1n) is 15.4. The summed E-state index contributed by atoms with van der Waals surface area (Å²) in [4.78, 5) is 110. The number of hydrogen-bond acceptors (Lipinski definition) is 13. The van der Waals surface area contributed by atoms with Gasteiger partial charge in [-0.25, -0.2) is 4.79 Å². The Morgan fingerprint density at radius 2 is 1.02 bits per heavy atom. The van der Waals surface area contributed by atoms with Crippen molar-refractivity contribution in [2.24, 2.45) is 23.1 Å². The molecule has 0 aromatic rings. The summed E-state index contributed by atoms with van der Waals surface area (Å²) in [6, 6.07) is -10.9. The SMILES string of the molecule is CC(C)[C@H](NC(=O)[C@@H](N)CCC(N)=O)C(=O)N[C@H](C(=O)N[C@H](C(=O)N[C@@H](C)C(=O)N[C@@H](CO)C(=O)N[C@@H](CC(N)=O)C(=O)O)[C@@H](C)O)[C@@H](C)O. The maximum atomic E-state index is 13.1. The Bertz CT molecular complexity index is 1260. The minimum Gasteiger partial charge on any atom is -0.480 e. The molecule has 0 heterocycles. The molecule has 50 heavy (non-hydrogen) atoms. The van der Waals surface area contributed by atoms with Crippen molar-refractivity contribution in [1.29, 1.82) is 0 Å². The molecule has 0 rings (SSSR count). The van der Waals surface area contributed by atoms with E-state index in [4.69, 9.17) is 22.3 Å². The third kappa shape index (κ3) is 15.5. The summed E-state index contributed by atoms with van der Waals surface area (Å²) in [5.74, 6) is -10.2. The van der Waals surface area contributed by atoms with Gasteiger partial charge in [0.1, 0.15) is 36.3 Å². The molecule has 0 aromatic carbocycles. The van der Waals surface area contributed by atoms with Crippen LogP contribution in [0.2, 0.25) is 0 Å². The van der Waals surface area contributed by atoms with E-state index >= 15 is 0 Å². The molecule has 0 unspecified atom stereocenters. The van der Waals surface area contributed by atoms with E-state index in [9.17, 15) is 58.5 Å². The maximum Gasteiger partial charge on any atom is 0.326 e. The number of carboxylic acids is 1. The largest absolute Gasteiger partial charge is 0.480 e. The minimum absolute atomic E-state index is 0.0989. The van der Waals surface area contributed by atoms with Gasteiger partial charge < -0.3 is 69.5 Å². The highest BCUT2D eigenvalue weighted by atomic mass is 16.4. The Morgan fingerprint density at radius 3 is 1.42 bits per heavy atom. The zero-order valence-corrected chi connectivity index (χ0v) is 28.3. The van der Waals surface area contributed by atoms with Crippen molar-refractivity contribution in [3.63, 3.8) is 0 Å². The van der Waals surface area contributed by atoms with Crippen LogP contribution < -0.4 is 49.1 Å². The van der Waals surface area contributed by atoms with Gasteiger partial charge in [-0.3, -0.25) is 38.4 Å². The fourth-order valence-electron chi connectivity index (χ4n) is 4.05. The highest BCUT2D eigenvalue weighted by molar-refractivity contribution is 5.97. The topological polar surface area (TPSA) is 385 Å². The van der Waals surface area contributed by atoms with Crippen LogP contribution in [0.3, 0.4) is 0 Å². The lowest BCUT2D eigenvalue weighted by molar-refractivity contribution is -0.144. The molecule has 0 radical (unpaired) electrons. The molecule has 0 spiro atoms. The maximum absolute atomic E-state index is 13.1. The number of nitrogens with two attached hydrogens (primary N) is 3. The average Bonchev–Trinajstić information content (AvgIpc) is 3.00. The molecule has 22 heteroatoms. The molecule has 8 amide bonds. The summed E-state index contributed by atoms with van der Waals surface area (Å²) in [6.45, 7) is 5.48. The predicted molar refractivity (Wildman–Crippen MR) is 170 cm³/mol. The van der Waals surface area contributed by atoms with Crippen LogP contribution in [0, 0.1) is 5.92 Å². The van der Waals surface area contributed by atoms with E-state index in [-0.39, 0.29) is 12.8 Å². The normalized spacial score (nSPS) is 16.4. The number of primary amides is 2. The third-order valence-corrected chi connectivity index (χ3v) is 7.00. The van der Waals surface area contributed by atoms with E-state index in [0.29, 0.717) is 0 Å². The van der Waals surface area contributed by atoms with Crippen molar-refractivity contribution in [1.82, 2.24) is 31.9 Å². The number of carbonyl (C=O) groups excluding carboxylic acids is 8. The van der Waals surface area contributed by atoms with Crippen LogP contribution in [0.1, 0.15) is 53.9 Å². The van der Waals surface area contributed by atoms with E-state index in [0.717, 1.165) is 20.8 Å². The quantitative estimate of drug-likeness (QED) is 0.0495. The van der Waals surface area contributed by atoms with Gasteiger partial charge in [-0.1, -0.05) is 13.8 Å². The van der Waals surface area contributed by atoms with Crippen LogP contribution >= 0.6 is 0 Å². The molecule has 0 fully saturated rings. The van der Waals surface area contributed by atoms with Crippen molar-refractivity contribution in [3.05, 3.63) is 0 Å². The lowest BCUT2D eigenvalue weighted by atomic mass is 10.0. The number of aliphatic carboxylic acids is 1.